The lowest BCUT2D eigenvalue weighted by molar-refractivity contribution is 0.437. The average Bonchev–Trinajstić information content (AvgIpc) is 3.87. The molecule has 3 heteroatoms. The van der Waals surface area contributed by atoms with Gasteiger partial charge in [0.05, 0.1) is 16.8 Å². The molecule has 0 amide bonds. The van der Waals surface area contributed by atoms with E-state index in [-0.39, 0.29) is 16.2 Å². The third-order valence-corrected chi connectivity index (χ3v) is 14.5. The Morgan fingerprint density at radius 2 is 1.00 bits per heavy atom. The van der Waals surface area contributed by atoms with Crippen molar-refractivity contribution in [1.29, 1.82) is 0 Å². The Labute approximate surface area is 370 Å². The summed E-state index contributed by atoms with van der Waals surface area (Å²) >= 11 is 0. The van der Waals surface area contributed by atoms with Gasteiger partial charge in [-0.2, -0.15) is 0 Å². The van der Waals surface area contributed by atoms with Gasteiger partial charge in [0.15, 0.2) is 11.3 Å². The van der Waals surface area contributed by atoms with Crippen LogP contribution in [0.1, 0.15) is 99.9 Å². The van der Waals surface area contributed by atoms with Crippen molar-refractivity contribution in [2.24, 2.45) is 0 Å². The number of benzene rings is 8. The number of fused-ring (bicyclic) bond motifs is 15. The highest BCUT2D eigenvalue weighted by Gasteiger charge is 2.52. The summed E-state index contributed by atoms with van der Waals surface area (Å²) in [6.07, 6.45) is 0. The molecule has 3 aliphatic rings. The monoisotopic (exact) mass is 817 g/mol. The van der Waals surface area contributed by atoms with Crippen molar-refractivity contribution >= 4 is 39.0 Å². The van der Waals surface area contributed by atoms with Gasteiger partial charge >= 0.3 is 0 Å². The molecule has 63 heavy (non-hydrogen) atoms. The molecule has 0 N–H and O–H groups in total. The van der Waals surface area contributed by atoms with Gasteiger partial charge in [0, 0.05) is 33.0 Å². The Morgan fingerprint density at radius 3 is 1.73 bits per heavy atom. The molecule has 0 atom stereocenters. The van der Waals surface area contributed by atoms with E-state index >= 15 is 0 Å². The summed E-state index contributed by atoms with van der Waals surface area (Å²) in [5.74, 6) is 1.71. The highest BCUT2D eigenvalue weighted by molar-refractivity contribution is 6.10. The van der Waals surface area contributed by atoms with Crippen molar-refractivity contribution in [3.63, 3.8) is 0 Å². The van der Waals surface area contributed by atoms with Crippen LogP contribution < -0.4 is 9.64 Å². The molecule has 0 fully saturated rings. The van der Waals surface area contributed by atoms with E-state index in [9.17, 15) is 0 Å². The van der Waals surface area contributed by atoms with Crippen LogP contribution in [0.15, 0.2) is 168 Å². The first-order valence-electron chi connectivity index (χ1n) is 22.4. The topological polar surface area (TPSA) is 25.6 Å². The van der Waals surface area contributed by atoms with Gasteiger partial charge in [-0.3, -0.25) is 0 Å². The number of nitrogens with zero attached hydrogens (tertiary/aromatic N) is 1. The van der Waals surface area contributed by atoms with Crippen LogP contribution in [0.2, 0.25) is 0 Å². The molecule has 1 aliphatic heterocycles. The van der Waals surface area contributed by atoms with Crippen molar-refractivity contribution in [3.05, 3.63) is 208 Å². The van der Waals surface area contributed by atoms with E-state index in [1.165, 1.54) is 55.6 Å². The summed E-state index contributed by atoms with van der Waals surface area (Å²) in [5.41, 5.74) is 19.0. The molecular weight excluding hydrogens is 767 g/mol. The van der Waals surface area contributed by atoms with E-state index in [0.29, 0.717) is 0 Å². The number of hydrogen-bond donors (Lipinski definition) is 0. The third kappa shape index (κ3) is 5.20. The molecule has 2 heterocycles. The summed E-state index contributed by atoms with van der Waals surface area (Å²) in [7, 11) is 0. The second-order valence-electron chi connectivity index (χ2n) is 20.5. The molecule has 308 valence electrons. The van der Waals surface area contributed by atoms with Crippen LogP contribution in [0.5, 0.6) is 11.5 Å². The van der Waals surface area contributed by atoms with Crippen LogP contribution >= 0.6 is 0 Å². The van der Waals surface area contributed by atoms with Crippen LogP contribution in [0, 0.1) is 0 Å². The maximum absolute atomic E-state index is 7.43. The maximum atomic E-state index is 7.43. The second kappa shape index (κ2) is 12.9. The average molecular weight is 818 g/mol. The summed E-state index contributed by atoms with van der Waals surface area (Å²) in [5, 5.41) is 2.18. The number of furan rings is 1. The molecule has 0 saturated heterocycles. The zero-order chi connectivity index (χ0) is 43.2. The lowest BCUT2D eigenvalue weighted by atomic mass is 9.64. The fourth-order valence-electron chi connectivity index (χ4n) is 11.2. The van der Waals surface area contributed by atoms with Gasteiger partial charge in [-0.05, 0) is 103 Å². The van der Waals surface area contributed by atoms with Gasteiger partial charge in [-0.25, -0.2) is 0 Å². The van der Waals surface area contributed by atoms with Crippen molar-refractivity contribution in [2.75, 3.05) is 4.90 Å². The predicted molar refractivity (Wildman–Crippen MR) is 261 cm³/mol. The Kier molecular flexibility index (Phi) is 7.73. The lowest BCUT2D eigenvalue weighted by Crippen LogP contribution is -2.33. The fourth-order valence-corrected chi connectivity index (χ4v) is 11.2. The summed E-state index contributed by atoms with van der Waals surface area (Å²) in [4.78, 5) is 2.40. The minimum Gasteiger partial charge on any atom is -0.454 e. The Balaban J connectivity index is 1.19. The highest BCUT2D eigenvalue weighted by Crippen LogP contribution is 2.65. The molecule has 3 nitrogen and oxygen atoms in total. The standard InChI is InChI=1S/C60H51NO2/c1-57(2,3)36-27-30-41-42-31-28-37(58(4,5)6)34-50(42)60(49(41)33-36)46-21-12-14-26-54(46)63-56-47(60)22-16-24-52(56)61(51-23-15-19-44-43-18-10-13-25-53(43)62-55(44)51)38-29-32-40-39-17-9-11-20-45(39)59(7,8)48(40)35-38/h9-35H,1-8H3. The Hall–Kier alpha value is -6.84. The SMILES string of the molecule is CC(C)(C)c1ccc2c(c1)C1(c3ccccc3Oc3c(N(c4ccc5c(c4)C(C)(C)c4ccccc4-5)c4cccc5c4oc4ccccc45)cccc31)c1cc(C(C)(C)C)ccc1-2. The third-order valence-electron chi connectivity index (χ3n) is 14.5. The van der Waals surface area contributed by atoms with Crippen molar-refractivity contribution < 1.29 is 9.15 Å². The minimum atomic E-state index is -0.661. The number of anilines is 3. The van der Waals surface area contributed by atoms with Crippen molar-refractivity contribution in [2.45, 2.75) is 77.0 Å². The molecule has 9 aromatic rings. The first-order valence-corrected chi connectivity index (χ1v) is 22.4. The van der Waals surface area contributed by atoms with Gasteiger partial charge in [0.2, 0.25) is 0 Å². The van der Waals surface area contributed by atoms with Gasteiger partial charge in [-0.15, -0.1) is 0 Å². The van der Waals surface area contributed by atoms with Crippen molar-refractivity contribution in [3.8, 4) is 33.8 Å². The molecule has 12 rings (SSSR count). The van der Waals surface area contributed by atoms with Crippen LogP contribution in [0.4, 0.5) is 17.1 Å². The Bertz CT molecular complexity index is 3320. The van der Waals surface area contributed by atoms with E-state index in [2.05, 4.69) is 218 Å². The first-order chi connectivity index (χ1) is 30.3. The molecule has 1 spiro atoms. The maximum Gasteiger partial charge on any atom is 0.159 e. The zero-order valence-electron chi connectivity index (χ0n) is 37.4. The second-order valence-corrected chi connectivity index (χ2v) is 20.5. The molecule has 2 aliphatic carbocycles. The minimum absolute atomic E-state index is 0.0556. The summed E-state index contributed by atoms with van der Waals surface area (Å²) in [6, 6.07) is 60.8. The largest absolute Gasteiger partial charge is 0.454 e. The number of para-hydroxylation sites is 4. The molecule has 0 unspecified atom stereocenters. The molecule has 0 saturated carbocycles. The number of ether oxygens (including phenoxy) is 1. The normalized spacial score (nSPS) is 15.0. The zero-order valence-corrected chi connectivity index (χ0v) is 37.4. The quantitative estimate of drug-likeness (QED) is 0.178. The number of hydrogen-bond acceptors (Lipinski definition) is 3. The van der Waals surface area contributed by atoms with Crippen LogP contribution in [-0.4, -0.2) is 0 Å². The summed E-state index contributed by atoms with van der Waals surface area (Å²) in [6.45, 7) is 18.6. The highest BCUT2D eigenvalue weighted by atomic mass is 16.5. The molecule has 8 aromatic carbocycles. The van der Waals surface area contributed by atoms with Crippen LogP contribution in [0.3, 0.4) is 0 Å². The van der Waals surface area contributed by atoms with E-state index in [1.54, 1.807) is 0 Å². The van der Waals surface area contributed by atoms with E-state index in [0.717, 1.165) is 61.6 Å². The molecule has 1 aromatic heterocycles. The van der Waals surface area contributed by atoms with Crippen LogP contribution in [0.25, 0.3) is 44.2 Å². The molecular formula is C60H51NO2. The Morgan fingerprint density at radius 1 is 0.444 bits per heavy atom. The van der Waals surface area contributed by atoms with E-state index < -0.39 is 5.41 Å². The predicted octanol–water partition coefficient (Wildman–Crippen LogP) is 16.4. The first kappa shape index (κ1) is 37.9. The van der Waals surface area contributed by atoms with E-state index in [4.69, 9.17) is 9.15 Å². The van der Waals surface area contributed by atoms with Gasteiger partial charge in [-0.1, -0.05) is 183 Å². The van der Waals surface area contributed by atoms with Gasteiger partial charge < -0.3 is 14.1 Å². The molecule has 0 radical (unpaired) electrons. The van der Waals surface area contributed by atoms with Gasteiger partial charge in [0.1, 0.15) is 11.3 Å². The smallest absolute Gasteiger partial charge is 0.159 e. The summed E-state index contributed by atoms with van der Waals surface area (Å²) < 4.78 is 14.3. The lowest BCUT2D eigenvalue weighted by Gasteiger charge is -2.41. The van der Waals surface area contributed by atoms with Gasteiger partial charge in [0.25, 0.3) is 0 Å². The van der Waals surface area contributed by atoms with Crippen molar-refractivity contribution in [1.82, 2.24) is 0 Å². The molecule has 0 bridgehead atoms. The van der Waals surface area contributed by atoms with Crippen LogP contribution in [-0.2, 0) is 21.7 Å². The fraction of sp³-hybridized carbons (Fsp3) is 0.200. The van der Waals surface area contributed by atoms with E-state index in [1.807, 2.05) is 6.07 Å². The number of rotatable bonds is 3.